The van der Waals surface area contributed by atoms with Gasteiger partial charge in [-0.1, -0.05) is 0 Å². The van der Waals surface area contributed by atoms with Gasteiger partial charge in [0.05, 0.1) is 0 Å². The summed E-state index contributed by atoms with van der Waals surface area (Å²) in [5, 5.41) is 0. The molecule has 0 spiro atoms. The predicted molar refractivity (Wildman–Crippen MR) is 33.8 cm³/mol. The van der Waals surface area contributed by atoms with Gasteiger partial charge in [0.2, 0.25) is 0 Å². The standard InChI is InChI=1S/3C2H4.Fe/c3*1-2;/h3*1-2H2;/q;;;+3. The fraction of sp³-hybridized carbons (Fsp3) is 0. The number of hydrogen-bond donors (Lipinski definition) is 0. The zero-order chi connectivity index (χ0) is 6.00. The van der Waals surface area contributed by atoms with Crippen LogP contribution in [0.15, 0.2) is 39.5 Å². The fourth-order valence-corrected chi connectivity index (χ4v) is 0. The van der Waals surface area contributed by atoms with Gasteiger partial charge in [-0.3, -0.25) is 0 Å². The molecule has 0 nitrogen and oxygen atoms in total. The van der Waals surface area contributed by atoms with Crippen LogP contribution in [0.25, 0.3) is 0 Å². The third-order valence-corrected chi connectivity index (χ3v) is 0. The van der Waals surface area contributed by atoms with E-state index in [-0.39, 0.29) is 17.1 Å². The fourth-order valence-electron chi connectivity index (χ4n) is 0. The van der Waals surface area contributed by atoms with Gasteiger partial charge in [0.25, 0.3) is 0 Å². The van der Waals surface area contributed by atoms with Crippen molar-refractivity contribution in [3.63, 3.8) is 0 Å². The monoisotopic (exact) mass is 140 g/mol. The number of hydrogen-bond acceptors (Lipinski definition) is 0. The predicted octanol–water partition coefficient (Wildman–Crippen LogP) is 2.40. The van der Waals surface area contributed by atoms with Crippen LogP contribution in [-0.4, -0.2) is 0 Å². The molecular weight excluding hydrogens is 128 g/mol. The first-order chi connectivity index (χ1) is 3.00. The zero-order valence-electron chi connectivity index (χ0n) is 4.60. The molecule has 0 atom stereocenters. The van der Waals surface area contributed by atoms with E-state index in [1.807, 2.05) is 0 Å². The van der Waals surface area contributed by atoms with Gasteiger partial charge < -0.3 is 0 Å². The van der Waals surface area contributed by atoms with Crippen LogP contribution in [-0.2, 0) is 17.1 Å². The topological polar surface area (TPSA) is 0 Å². The molecule has 0 aliphatic rings. The molecule has 0 unspecified atom stereocenters. The quantitative estimate of drug-likeness (QED) is 0.358. The molecule has 0 aliphatic heterocycles. The second kappa shape index (κ2) is 1900. The van der Waals surface area contributed by atoms with E-state index in [1.54, 1.807) is 0 Å². The third-order valence-electron chi connectivity index (χ3n) is 0. The molecule has 0 fully saturated rings. The summed E-state index contributed by atoms with van der Waals surface area (Å²) in [4.78, 5) is 0. The van der Waals surface area contributed by atoms with Gasteiger partial charge in [0, 0.05) is 0 Å². The van der Waals surface area contributed by atoms with E-state index in [1.165, 1.54) is 0 Å². The molecule has 0 heterocycles. The Labute approximate surface area is 57.1 Å². The van der Waals surface area contributed by atoms with Gasteiger partial charge in [-0.15, -0.1) is 39.5 Å². The SMILES string of the molecule is C=C.C=C.C=C.[Fe+3]. The van der Waals surface area contributed by atoms with Crippen LogP contribution in [0.5, 0.6) is 0 Å². The van der Waals surface area contributed by atoms with Gasteiger partial charge in [-0.2, -0.15) is 0 Å². The van der Waals surface area contributed by atoms with Crippen molar-refractivity contribution in [1.29, 1.82) is 0 Å². The first-order valence-electron chi connectivity index (χ1n) is 1.50. The Kier molecular flexibility index (Phi) is 8030. The van der Waals surface area contributed by atoms with Crippen LogP contribution < -0.4 is 0 Å². The Bertz CT molecular complexity index is 8.90. The normalized spacial score (nSPS) is 1.71. The molecule has 0 amide bonds. The average molecular weight is 140 g/mol. The second-order valence-electron chi connectivity index (χ2n) is 0. The zero-order valence-corrected chi connectivity index (χ0v) is 5.70. The van der Waals surface area contributed by atoms with Crippen molar-refractivity contribution in [3.05, 3.63) is 39.5 Å². The van der Waals surface area contributed by atoms with E-state index < -0.39 is 0 Å². The molecule has 1 radical (unpaired) electrons. The first-order valence-corrected chi connectivity index (χ1v) is 1.50. The van der Waals surface area contributed by atoms with E-state index in [0.29, 0.717) is 0 Å². The van der Waals surface area contributed by atoms with Crippen molar-refractivity contribution in [2.45, 2.75) is 0 Å². The molecule has 0 aliphatic carbocycles. The first kappa shape index (κ1) is 29.6. The summed E-state index contributed by atoms with van der Waals surface area (Å²) in [6, 6.07) is 0. The third kappa shape index (κ3) is 1180. The van der Waals surface area contributed by atoms with Gasteiger partial charge in [0.15, 0.2) is 0 Å². The summed E-state index contributed by atoms with van der Waals surface area (Å²) in [5.41, 5.74) is 0. The van der Waals surface area contributed by atoms with E-state index in [4.69, 9.17) is 0 Å². The van der Waals surface area contributed by atoms with Crippen LogP contribution in [0.1, 0.15) is 0 Å². The van der Waals surface area contributed by atoms with Crippen molar-refractivity contribution in [3.8, 4) is 0 Å². The van der Waals surface area contributed by atoms with Gasteiger partial charge in [-0.05, 0) is 0 Å². The van der Waals surface area contributed by atoms with Crippen molar-refractivity contribution in [2.75, 3.05) is 0 Å². The molecule has 1 heteroatoms. The van der Waals surface area contributed by atoms with Gasteiger partial charge in [0.1, 0.15) is 0 Å². The maximum absolute atomic E-state index is 3.00. The summed E-state index contributed by atoms with van der Waals surface area (Å²) in [7, 11) is 0. The smallest absolute Gasteiger partial charge is 0.106 e. The number of rotatable bonds is 0. The molecule has 41 valence electrons. The molecule has 0 aromatic carbocycles. The van der Waals surface area contributed by atoms with Gasteiger partial charge >= 0.3 is 17.1 Å². The minimum atomic E-state index is 0. The largest absolute Gasteiger partial charge is 3.00 e. The maximum atomic E-state index is 3.00. The Balaban J connectivity index is -0.00000000900. The van der Waals surface area contributed by atoms with Crippen LogP contribution in [0.4, 0.5) is 0 Å². The van der Waals surface area contributed by atoms with E-state index in [0.717, 1.165) is 0 Å². The van der Waals surface area contributed by atoms with Crippen molar-refractivity contribution >= 4 is 0 Å². The average Bonchev–Trinajstić information content (AvgIpc) is 1.81. The van der Waals surface area contributed by atoms with Crippen LogP contribution in [0, 0.1) is 0 Å². The van der Waals surface area contributed by atoms with Crippen LogP contribution >= 0.6 is 0 Å². The Morgan fingerprint density at radius 2 is 0.429 bits per heavy atom. The van der Waals surface area contributed by atoms with Gasteiger partial charge in [-0.25, -0.2) is 0 Å². The van der Waals surface area contributed by atoms with E-state index in [9.17, 15) is 0 Å². The molecule has 7 heavy (non-hydrogen) atoms. The van der Waals surface area contributed by atoms with E-state index >= 15 is 0 Å². The molecule has 0 N–H and O–H groups in total. The molecule has 0 saturated carbocycles. The summed E-state index contributed by atoms with van der Waals surface area (Å²) >= 11 is 0. The molecular formula is C6H12Fe+3. The molecule has 0 aromatic heterocycles. The summed E-state index contributed by atoms with van der Waals surface area (Å²) in [6.45, 7) is 18.0. The van der Waals surface area contributed by atoms with Crippen molar-refractivity contribution in [2.24, 2.45) is 0 Å². The summed E-state index contributed by atoms with van der Waals surface area (Å²) in [6.07, 6.45) is 0. The van der Waals surface area contributed by atoms with E-state index in [2.05, 4.69) is 39.5 Å². The van der Waals surface area contributed by atoms with Crippen molar-refractivity contribution in [1.82, 2.24) is 0 Å². The second-order valence-corrected chi connectivity index (χ2v) is 0. The van der Waals surface area contributed by atoms with Crippen LogP contribution in [0.3, 0.4) is 0 Å². The maximum Gasteiger partial charge on any atom is 3.00 e. The summed E-state index contributed by atoms with van der Waals surface area (Å²) < 4.78 is 0. The molecule has 0 aromatic rings. The van der Waals surface area contributed by atoms with Crippen molar-refractivity contribution < 1.29 is 17.1 Å². The minimum absolute atomic E-state index is 0. The van der Waals surface area contributed by atoms with Crippen LogP contribution in [0.2, 0.25) is 0 Å². The Morgan fingerprint density at radius 1 is 0.429 bits per heavy atom. The minimum Gasteiger partial charge on any atom is -0.106 e. The molecule has 0 rings (SSSR count). The Morgan fingerprint density at radius 3 is 0.429 bits per heavy atom. The summed E-state index contributed by atoms with van der Waals surface area (Å²) in [5.74, 6) is 0. The molecule has 0 saturated heterocycles. The molecule has 0 bridgehead atoms. The Hall–Kier alpha value is -0.261.